The Morgan fingerprint density at radius 3 is 2.52 bits per heavy atom. The first-order chi connectivity index (χ1) is 10.1. The number of rotatable bonds is 4. The van der Waals surface area contributed by atoms with Gasteiger partial charge >= 0.3 is 0 Å². The number of hydrogen-bond acceptors (Lipinski definition) is 3. The lowest BCUT2D eigenvalue weighted by Gasteiger charge is -2.09. The number of nitrogens with one attached hydrogen (secondary N) is 2. The van der Waals surface area contributed by atoms with Crippen molar-refractivity contribution < 1.29 is 4.79 Å². The maximum absolute atomic E-state index is 12.0. The molecule has 1 aliphatic carbocycles. The number of hydrazine groups is 1. The highest BCUT2D eigenvalue weighted by Gasteiger charge is 2.21. The third-order valence-corrected chi connectivity index (χ3v) is 3.69. The Hall–Kier alpha value is -2.33. The fraction of sp³-hybridized carbons (Fsp3) is 0.235. The van der Waals surface area contributed by atoms with Crippen LogP contribution in [-0.4, -0.2) is 11.9 Å². The van der Waals surface area contributed by atoms with E-state index in [2.05, 4.69) is 17.8 Å². The van der Waals surface area contributed by atoms with Crippen LogP contribution in [0.25, 0.3) is 11.1 Å². The molecule has 21 heavy (non-hydrogen) atoms. The van der Waals surface area contributed by atoms with Crippen LogP contribution in [0.3, 0.4) is 0 Å². The van der Waals surface area contributed by atoms with E-state index in [-0.39, 0.29) is 5.91 Å². The van der Waals surface area contributed by atoms with Crippen molar-refractivity contribution in [1.29, 1.82) is 0 Å². The Labute approximate surface area is 124 Å². The van der Waals surface area contributed by atoms with Gasteiger partial charge in [-0.3, -0.25) is 10.2 Å². The predicted octanol–water partition coefficient (Wildman–Crippen LogP) is 2.64. The molecule has 4 heteroatoms. The molecular formula is C17H19N3O. The minimum absolute atomic E-state index is 0.0993. The second kappa shape index (κ2) is 5.58. The molecule has 1 aliphatic rings. The van der Waals surface area contributed by atoms with Gasteiger partial charge in [0.05, 0.1) is 0 Å². The number of amides is 1. The fourth-order valence-electron chi connectivity index (χ4n) is 2.22. The molecule has 1 amide bonds. The van der Waals surface area contributed by atoms with E-state index >= 15 is 0 Å². The number of carbonyl (C=O) groups excluding carboxylic acids is 1. The third-order valence-electron chi connectivity index (χ3n) is 3.69. The highest BCUT2D eigenvalue weighted by atomic mass is 16.2. The first-order valence-electron chi connectivity index (χ1n) is 7.16. The molecule has 108 valence electrons. The summed E-state index contributed by atoms with van der Waals surface area (Å²) in [5.74, 6) is -0.0993. The van der Waals surface area contributed by atoms with Crippen molar-refractivity contribution >= 4 is 11.6 Å². The van der Waals surface area contributed by atoms with Crippen molar-refractivity contribution in [3.8, 4) is 11.1 Å². The number of carbonyl (C=O) groups is 1. The average molecular weight is 281 g/mol. The summed E-state index contributed by atoms with van der Waals surface area (Å²) in [4.78, 5) is 12.0. The van der Waals surface area contributed by atoms with E-state index in [4.69, 9.17) is 5.73 Å². The standard InChI is InChI=1S/C17H19N3O/c1-11-2-7-14(18)10-16(11)12-3-5-13(6-4-12)17(21)20-19-15-8-9-15/h2-7,10,15,19H,8-9,18H2,1H3,(H,20,21). The number of benzene rings is 2. The van der Waals surface area contributed by atoms with Gasteiger partial charge in [0.25, 0.3) is 5.91 Å². The molecule has 0 radical (unpaired) electrons. The summed E-state index contributed by atoms with van der Waals surface area (Å²) in [7, 11) is 0. The largest absolute Gasteiger partial charge is 0.399 e. The minimum Gasteiger partial charge on any atom is -0.399 e. The average Bonchev–Trinajstić information content (AvgIpc) is 3.32. The van der Waals surface area contributed by atoms with Crippen LogP contribution >= 0.6 is 0 Å². The van der Waals surface area contributed by atoms with Crippen LogP contribution in [0.5, 0.6) is 0 Å². The molecule has 0 aliphatic heterocycles. The summed E-state index contributed by atoms with van der Waals surface area (Å²) in [6.07, 6.45) is 2.27. The van der Waals surface area contributed by atoms with Gasteiger partial charge in [-0.15, -0.1) is 0 Å². The van der Waals surface area contributed by atoms with Crippen LogP contribution in [-0.2, 0) is 0 Å². The van der Waals surface area contributed by atoms with Gasteiger partial charge in [-0.2, -0.15) is 0 Å². The number of nitrogens with two attached hydrogens (primary N) is 1. The van der Waals surface area contributed by atoms with Gasteiger partial charge < -0.3 is 5.73 Å². The lowest BCUT2D eigenvalue weighted by Crippen LogP contribution is -2.38. The maximum Gasteiger partial charge on any atom is 0.265 e. The highest BCUT2D eigenvalue weighted by Crippen LogP contribution is 2.25. The zero-order valence-corrected chi connectivity index (χ0v) is 12.0. The molecule has 0 unspecified atom stereocenters. The lowest BCUT2D eigenvalue weighted by molar-refractivity contribution is 0.0932. The van der Waals surface area contributed by atoms with Gasteiger partial charge in [0.15, 0.2) is 0 Å². The van der Waals surface area contributed by atoms with Gasteiger partial charge in [0.1, 0.15) is 0 Å². The third kappa shape index (κ3) is 3.23. The van der Waals surface area contributed by atoms with Gasteiger partial charge in [0, 0.05) is 17.3 Å². The Morgan fingerprint density at radius 2 is 1.86 bits per heavy atom. The summed E-state index contributed by atoms with van der Waals surface area (Å²) in [6, 6.07) is 13.9. The van der Waals surface area contributed by atoms with Crippen LogP contribution in [0.15, 0.2) is 42.5 Å². The molecule has 4 N–H and O–H groups in total. The number of aryl methyl sites for hydroxylation is 1. The van der Waals surface area contributed by atoms with E-state index in [1.807, 2.05) is 42.5 Å². The Balaban J connectivity index is 1.76. The fourth-order valence-corrected chi connectivity index (χ4v) is 2.22. The van der Waals surface area contributed by atoms with Crippen LogP contribution in [0.1, 0.15) is 28.8 Å². The van der Waals surface area contributed by atoms with Gasteiger partial charge in [0.2, 0.25) is 0 Å². The van der Waals surface area contributed by atoms with E-state index in [1.165, 1.54) is 0 Å². The molecular weight excluding hydrogens is 262 g/mol. The molecule has 0 atom stereocenters. The molecule has 2 aromatic rings. The smallest absolute Gasteiger partial charge is 0.265 e. The second-order valence-corrected chi connectivity index (χ2v) is 5.52. The Morgan fingerprint density at radius 1 is 1.14 bits per heavy atom. The summed E-state index contributed by atoms with van der Waals surface area (Å²) in [6.45, 7) is 2.05. The van der Waals surface area contributed by atoms with Crippen LogP contribution in [0, 0.1) is 6.92 Å². The van der Waals surface area contributed by atoms with E-state index in [0.717, 1.165) is 35.2 Å². The van der Waals surface area contributed by atoms with Gasteiger partial charge in [-0.05, 0) is 60.7 Å². The molecule has 0 spiro atoms. The number of nitrogen functional groups attached to an aromatic ring is 1. The predicted molar refractivity (Wildman–Crippen MR) is 84.7 cm³/mol. The van der Waals surface area contributed by atoms with E-state index < -0.39 is 0 Å². The monoisotopic (exact) mass is 281 g/mol. The van der Waals surface area contributed by atoms with E-state index in [9.17, 15) is 4.79 Å². The quantitative estimate of drug-likeness (QED) is 0.596. The van der Waals surface area contributed by atoms with Gasteiger partial charge in [-0.1, -0.05) is 18.2 Å². The summed E-state index contributed by atoms with van der Waals surface area (Å²) >= 11 is 0. The SMILES string of the molecule is Cc1ccc(N)cc1-c1ccc(C(=O)NNC2CC2)cc1. The van der Waals surface area contributed by atoms with Crippen LogP contribution in [0.2, 0.25) is 0 Å². The van der Waals surface area contributed by atoms with Crippen molar-refractivity contribution in [2.75, 3.05) is 5.73 Å². The van der Waals surface area contributed by atoms with Crippen molar-refractivity contribution in [3.05, 3.63) is 53.6 Å². The number of anilines is 1. The summed E-state index contributed by atoms with van der Waals surface area (Å²) in [5, 5.41) is 0. The highest BCUT2D eigenvalue weighted by molar-refractivity contribution is 5.94. The minimum atomic E-state index is -0.0993. The summed E-state index contributed by atoms with van der Waals surface area (Å²) in [5.41, 5.74) is 16.3. The molecule has 0 saturated heterocycles. The first-order valence-corrected chi connectivity index (χ1v) is 7.16. The molecule has 2 aromatic carbocycles. The molecule has 1 saturated carbocycles. The summed E-state index contributed by atoms with van der Waals surface area (Å²) < 4.78 is 0. The molecule has 3 rings (SSSR count). The Kier molecular flexibility index (Phi) is 3.62. The van der Waals surface area contributed by atoms with Crippen molar-refractivity contribution in [3.63, 3.8) is 0 Å². The van der Waals surface area contributed by atoms with Crippen molar-refractivity contribution in [2.45, 2.75) is 25.8 Å². The zero-order chi connectivity index (χ0) is 14.8. The molecule has 0 heterocycles. The normalized spacial score (nSPS) is 14.0. The topological polar surface area (TPSA) is 67.2 Å². The zero-order valence-electron chi connectivity index (χ0n) is 12.0. The van der Waals surface area contributed by atoms with Crippen LogP contribution in [0.4, 0.5) is 5.69 Å². The second-order valence-electron chi connectivity index (χ2n) is 5.52. The number of hydrogen-bond donors (Lipinski definition) is 3. The van der Waals surface area contributed by atoms with E-state index in [0.29, 0.717) is 11.6 Å². The Bertz CT molecular complexity index is 660. The molecule has 4 nitrogen and oxygen atoms in total. The molecule has 0 bridgehead atoms. The van der Waals surface area contributed by atoms with Crippen LogP contribution < -0.4 is 16.6 Å². The van der Waals surface area contributed by atoms with E-state index in [1.54, 1.807) is 0 Å². The maximum atomic E-state index is 12.0. The lowest BCUT2D eigenvalue weighted by atomic mass is 9.99. The van der Waals surface area contributed by atoms with Crippen molar-refractivity contribution in [2.24, 2.45) is 0 Å². The van der Waals surface area contributed by atoms with Gasteiger partial charge in [-0.25, -0.2) is 5.43 Å². The first kappa shape index (κ1) is 13.6. The van der Waals surface area contributed by atoms with Crippen molar-refractivity contribution in [1.82, 2.24) is 10.9 Å². The molecule has 0 aromatic heterocycles. The molecule has 1 fully saturated rings.